The van der Waals surface area contributed by atoms with Crippen LogP contribution in [0.2, 0.25) is 0 Å². The van der Waals surface area contributed by atoms with E-state index in [0.29, 0.717) is 5.88 Å². The highest BCUT2D eigenvalue weighted by Crippen LogP contribution is 2.44. The molecule has 2 heteroatoms. The molecule has 0 bridgehead atoms. The van der Waals surface area contributed by atoms with Gasteiger partial charge in [0.05, 0.1) is 0 Å². The summed E-state index contributed by atoms with van der Waals surface area (Å²) >= 11 is 5.63. The molecule has 0 atom stereocenters. The van der Waals surface area contributed by atoms with Gasteiger partial charge in [-0.05, 0) is 44.2 Å². The van der Waals surface area contributed by atoms with Crippen molar-refractivity contribution in [1.29, 1.82) is 0 Å². The molecule has 0 aromatic heterocycles. The third-order valence-corrected chi connectivity index (χ3v) is 4.63. The van der Waals surface area contributed by atoms with Gasteiger partial charge >= 0.3 is 0 Å². The molecule has 1 heterocycles. The van der Waals surface area contributed by atoms with Gasteiger partial charge in [-0.15, -0.1) is 11.6 Å². The normalized spacial score (nSPS) is 26.6. The molecule has 1 saturated heterocycles. The maximum absolute atomic E-state index is 5.63. The number of rotatable bonds is 3. The fourth-order valence-corrected chi connectivity index (χ4v) is 3.42. The van der Waals surface area contributed by atoms with Gasteiger partial charge in [0.1, 0.15) is 0 Å². The number of likely N-dealkylation sites (tertiary alicyclic amines) is 1. The maximum atomic E-state index is 5.63. The minimum Gasteiger partial charge on any atom is -0.300 e. The van der Waals surface area contributed by atoms with Crippen LogP contribution in [0.4, 0.5) is 0 Å². The van der Waals surface area contributed by atoms with E-state index in [0.717, 1.165) is 12.0 Å². The number of hydrogen-bond acceptors (Lipinski definition) is 1. The second-order valence-corrected chi connectivity index (χ2v) is 5.80. The van der Waals surface area contributed by atoms with Crippen molar-refractivity contribution in [1.82, 2.24) is 4.90 Å². The minimum absolute atomic E-state index is 0.651. The molecule has 16 heavy (non-hydrogen) atoms. The quantitative estimate of drug-likeness (QED) is 0.536. The van der Waals surface area contributed by atoms with Crippen molar-refractivity contribution in [3.8, 4) is 0 Å². The predicted molar refractivity (Wildman–Crippen MR) is 71.1 cm³/mol. The Labute approximate surface area is 105 Å². The van der Waals surface area contributed by atoms with E-state index in [-0.39, 0.29) is 0 Å². The number of hydrogen-bond donors (Lipinski definition) is 0. The molecule has 1 aliphatic carbocycles. The zero-order chi connectivity index (χ0) is 11.3. The molecule has 0 aromatic carbocycles. The molecule has 0 aromatic rings. The van der Waals surface area contributed by atoms with Gasteiger partial charge in [-0.3, -0.25) is 4.90 Å². The Morgan fingerprint density at radius 2 is 1.62 bits per heavy atom. The largest absolute Gasteiger partial charge is 0.300 e. The first-order chi connectivity index (χ1) is 7.85. The second kappa shape index (κ2) is 6.07. The summed E-state index contributed by atoms with van der Waals surface area (Å²) in [5.41, 5.74) is 0.741. The van der Waals surface area contributed by atoms with Crippen molar-refractivity contribution >= 4 is 11.6 Å². The van der Waals surface area contributed by atoms with Gasteiger partial charge < -0.3 is 0 Å². The molecule has 0 amide bonds. The zero-order valence-corrected chi connectivity index (χ0v) is 11.0. The number of piperidine rings is 1. The molecule has 0 radical (unpaired) electrons. The minimum atomic E-state index is 0.651. The van der Waals surface area contributed by atoms with Gasteiger partial charge in [-0.2, -0.15) is 0 Å². The lowest BCUT2D eigenvalue weighted by atomic mass is 9.68. The molecule has 0 N–H and O–H groups in total. The standard InChI is InChI=1S/C14H24ClN/c15-10-4-5-11-16-12-8-14(9-13-16)6-2-1-3-7-14/h4-5H,1-3,6-13H2. The van der Waals surface area contributed by atoms with Crippen molar-refractivity contribution < 1.29 is 0 Å². The number of nitrogens with zero attached hydrogens (tertiary/aromatic N) is 1. The molecule has 2 aliphatic rings. The van der Waals surface area contributed by atoms with Gasteiger partial charge in [0.25, 0.3) is 0 Å². The molecule has 2 rings (SSSR count). The van der Waals surface area contributed by atoms with Crippen molar-refractivity contribution in [3.63, 3.8) is 0 Å². The van der Waals surface area contributed by atoms with Crippen LogP contribution in [0.15, 0.2) is 12.2 Å². The highest BCUT2D eigenvalue weighted by atomic mass is 35.5. The van der Waals surface area contributed by atoms with Gasteiger partial charge in [-0.1, -0.05) is 31.4 Å². The molecular formula is C14H24ClN. The van der Waals surface area contributed by atoms with Crippen LogP contribution in [-0.4, -0.2) is 30.4 Å². The summed E-state index contributed by atoms with van der Waals surface area (Å²) in [5.74, 6) is 0.651. The monoisotopic (exact) mass is 241 g/mol. The SMILES string of the molecule is ClCC=CCN1CCC2(CCCCC2)CC1. The van der Waals surface area contributed by atoms with E-state index in [1.807, 2.05) is 0 Å². The molecule has 1 spiro atoms. The van der Waals surface area contributed by atoms with E-state index < -0.39 is 0 Å². The van der Waals surface area contributed by atoms with Crippen LogP contribution in [0.1, 0.15) is 44.9 Å². The van der Waals surface area contributed by atoms with E-state index in [2.05, 4.69) is 17.1 Å². The summed E-state index contributed by atoms with van der Waals surface area (Å²) in [6, 6.07) is 0. The van der Waals surface area contributed by atoms with Crippen LogP contribution < -0.4 is 0 Å². The summed E-state index contributed by atoms with van der Waals surface area (Å²) in [6.07, 6.45) is 14.6. The lowest BCUT2D eigenvalue weighted by molar-refractivity contribution is 0.0737. The van der Waals surface area contributed by atoms with Crippen molar-refractivity contribution in [2.45, 2.75) is 44.9 Å². The Morgan fingerprint density at radius 3 is 2.25 bits per heavy atom. The molecule has 2 fully saturated rings. The Morgan fingerprint density at radius 1 is 0.938 bits per heavy atom. The van der Waals surface area contributed by atoms with Crippen LogP contribution in [0.25, 0.3) is 0 Å². The topological polar surface area (TPSA) is 3.24 Å². The Bertz CT molecular complexity index is 221. The predicted octanol–water partition coefficient (Wildman–Crippen LogP) is 3.83. The maximum Gasteiger partial charge on any atom is 0.0404 e. The van der Waals surface area contributed by atoms with Gasteiger partial charge in [0.2, 0.25) is 0 Å². The molecule has 1 aliphatic heterocycles. The van der Waals surface area contributed by atoms with E-state index in [9.17, 15) is 0 Å². The lowest BCUT2D eigenvalue weighted by Gasteiger charge is -2.44. The van der Waals surface area contributed by atoms with Gasteiger partial charge in [-0.25, -0.2) is 0 Å². The first-order valence-electron chi connectivity index (χ1n) is 6.78. The average Bonchev–Trinajstić information content (AvgIpc) is 2.33. The number of alkyl halides is 1. The Kier molecular flexibility index (Phi) is 4.72. The van der Waals surface area contributed by atoms with Crippen LogP contribution >= 0.6 is 11.6 Å². The third-order valence-electron chi connectivity index (χ3n) is 4.45. The summed E-state index contributed by atoms with van der Waals surface area (Å²) in [6.45, 7) is 3.70. The van der Waals surface area contributed by atoms with Crippen LogP contribution in [0.3, 0.4) is 0 Å². The molecule has 0 unspecified atom stereocenters. The molecule has 1 saturated carbocycles. The second-order valence-electron chi connectivity index (χ2n) is 5.49. The first kappa shape index (κ1) is 12.4. The first-order valence-corrected chi connectivity index (χ1v) is 7.31. The van der Waals surface area contributed by atoms with E-state index in [4.69, 9.17) is 11.6 Å². The zero-order valence-electron chi connectivity index (χ0n) is 10.3. The number of halogens is 1. The van der Waals surface area contributed by atoms with E-state index in [1.165, 1.54) is 58.0 Å². The van der Waals surface area contributed by atoms with Gasteiger partial charge in [0.15, 0.2) is 0 Å². The smallest absolute Gasteiger partial charge is 0.0404 e. The summed E-state index contributed by atoms with van der Waals surface area (Å²) in [5, 5.41) is 0. The average molecular weight is 242 g/mol. The fourth-order valence-electron chi connectivity index (χ4n) is 3.30. The van der Waals surface area contributed by atoms with E-state index >= 15 is 0 Å². The van der Waals surface area contributed by atoms with Crippen LogP contribution in [0, 0.1) is 5.41 Å². The van der Waals surface area contributed by atoms with Crippen molar-refractivity contribution in [3.05, 3.63) is 12.2 Å². The van der Waals surface area contributed by atoms with Crippen LogP contribution in [0.5, 0.6) is 0 Å². The molecular weight excluding hydrogens is 218 g/mol. The summed E-state index contributed by atoms with van der Waals surface area (Å²) < 4.78 is 0. The number of allylic oxidation sites excluding steroid dienone is 1. The van der Waals surface area contributed by atoms with Crippen LogP contribution in [-0.2, 0) is 0 Å². The van der Waals surface area contributed by atoms with Gasteiger partial charge in [0, 0.05) is 12.4 Å². The van der Waals surface area contributed by atoms with E-state index in [1.54, 1.807) is 0 Å². The molecule has 1 nitrogen and oxygen atoms in total. The van der Waals surface area contributed by atoms with Crippen molar-refractivity contribution in [2.24, 2.45) is 5.41 Å². The highest BCUT2D eigenvalue weighted by Gasteiger charge is 2.34. The lowest BCUT2D eigenvalue weighted by Crippen LogP contribution is -2.41. The molecule has 92 valence electrons. The Hall–Kier alpha value is -0.0100. The fraction of sp³-hybridized carbons (Fsp3) is 0.857. The summed E-state index contributed by atoms with van der Waals surface area (Å²) in [4.78, 5) is 2.57. The third kappa shape index (κ3) is 3.24. The summed E-state index contributed by atoms with van der Waals surface area (Å²) in [7, 11) is 0. The highest BCUT2D eigenvalue weighted by molar-refractivity contribution is 6.18. The Balaban J connectivity index is 1.75. The van der Waals surface area contributed by atoms with Crippen molar-refractivity contribution in [2.75, 3.05) is 25.5 Å².